The van der Waals surface area contributed by atoms with Gasteiger partial charge in [-0.25, -0.2) is 0 Å². The van der Waals surface area contributed by atoms with Crippen LogP contribution in [0.2, 0.25) is 0 Å². The molecule has 1 heterocycles. The molecule has 4 nitrogen and oxygen atoms in total. The molecule has 0 aliphatic heterocycles. The van der Waals surface area contributed by atoms with Crippen molar-refractivity contribution in [1.82, 2.24) is 10.2 Å². The lowest BCUT2D eigenvalue weighted by molar-refractivity contribution is -0.136. The van der Waals surface area contributed by atoms with E-state index in [-0.39, 0.29) is 11.9 Å². The minimum atomic E-state index is -0.138. The maximum absolute atomic E-state index is 12.4. The fraction of sp³-hybridized carbons (Fsp3) is 0.643. The van der Waals surface area contributed by atoms with Crippen molar-refractivity contribution in [3.05, 3.63) is 24.2 Å². The van der Waals surface area contributed by atoms with E-state index in [4.69, 9.17) is 4.42 Å². The number of carbonyl (C=O) groups excluding carboxylic acids is 1. The van der Waals surface area contributed by atoms with Crippen molar-refractivity contribution in [1.29, 1.82) is 0 Å². The summed E-state index contributed by atoms with van der Waals surface area (Å²) in [6, 6.07) is 4.03. The maximum atomic E-state index is 12.4. The SMILES string of the molecule is CNC(C)C(=O)N(Cc1ccco1)C1CCCC1. The molecular formula is C14H22N2O2. The van der Waals surface area contributed by atoms with E-state index in [1.165, 1.54) is 12.8 Å². The van der Waals surface area contributed by atoms with Gasteiger partial charge in [-0.3, -0.25) is 4.79 Å². The third kappa shape index (κ3) is 2.93. The van der Waals surface area contributed by atoms with Gasteiger partial charge in [0.2, 0.25) is 5.91 Å². The molecule has 0 bridgehead atoms. The van der Waals surface area contributed by atoms with Gasteiger partial charge in [0, 0.05) is 6.04 Å². The number of carbonyl (C=O) groups is 1. The van der Waals surface area contributed by atoms with Crippen LogP contribution in [0.15, 0.2) is 22.8 Å². The van der Waals surface area contributed by atoms with Gasteiger partial charge < -0.3 is 14.6 Å². The van der Waals surface area contributed by atoms with Crippen LogP contribution in [0.3, 0.4) is 0 Å². The van der Waals surface area contributed by atoms with Crippen molar-refractivity contribution in [2.75, 3.05) is 7.05 Å². The van der Waals surface area contributed by atoms with E-state index in [9.17, 15) is 4.79 Å². The molecule has 0 aromatic carbocycles. The van der Waals surface area contributed by atoms with E-state index >= 15 is 0 Å². The highest BCUT2D eigenvalue weighted by molar-refractivity contribution is 5.81. The molecule has 4 heteroatoms. The molecule has 1 aliphatic carbocycles. The second-order valence-corrected chi connectivity index (χ2v) is 4.99. The lowest BCUT2D eigenvalue weighted by Gasteiger charge is -2.30. The zero-order valence-electron chi connectivity index (χ0n) is 11.2. The third-order valence-corrected chi connectivity index (χ3v) is 3.76. The minimum absolute atomic E-state index is 0.138. The van der Waals surface area contributed by atoms with Crippen molar-refractivity contribution in [3.8, 4) is 0 Å². The summed E-state index contributed by atoms with van der Waals surface area (Å²) in [4.78, 5) is 14.4. The van der Waals surface area contributed by atoms with Gasteiger partial charge in [-0.15, -0.1) is 0 Å². The Labute approximate surface area is 108 Å². The van der Waals surface area contributed by atoms with Crippen LogP contribution in [-0.2, 0) is 11.3 Å². The Morgan fingerprint density at radius 1 is 1.56 bits per heavy atom. The van der Waals surface area contributed by atoms with E-state index in [2.05, 4.69) is 5.32 Å². The number of rotatable bonds is 5. The van der Waals surface area contributed by atoms with Gasteiger partial charge in [0.1, 0.15) is 5.76 Å². The van der Waals surface area contributed by atoms with Gasteiger partial charge in [-0.1, -0.05) is 12.8 Å². The Bertz CT molecular complexity index is 369. The van der Waals surface area contributed by atoms with Gasteiger partial charge in [0.15, 0.2) is 0 Å². The van der Waals surface area contributed by atoms with Gasteiger partial charge >= 0.3 is 0 Å². The Kier molecular flexibility index (Phi) is 4.42. The summed E-state index contributed by atoms with van der Waals surface area (Å²) in [5, 5.41) is 3.03. The molecule has 1 aliphatic rings. The monoisotopic (exact) mass is 250 g/mol. The Morgan fingerprint density at radius 3 is 2.83 bits per heavy atom. The van der Waals surface area contributed by atoms with Gasteiger partial charge in [0.05, 0.1) is 18.8 Å². The van der Waals surface area contributed by atoms with Crippen molar-refractivity contribution in [2.45, 2.75) is 51.2 Å². The van der Waals surface area contributed by atoms with Crippen LogP contribution in [0.1, 0.15) is 38.4 Å². The smallest absolute Gasteiger partial charge is 0.240 e. The summed E-state index contributed by atoms with van der Waals surface area (Å²) in [7, 11) is 1.82. The molecule has 1 atom stereocenters. The van der Waals surface area contributed by atoms with Gasteiger partial charge in [-0.05, 0) is 38.9 Å². The van der Waals surface area contributed by atoms with Crippen molar-refractivity contribution >= 4 is 5.91 Å². The molecule has 0 radical (unpaired) electrons. The third-order valence-electron chi connectivity index (χ3n) is 3.76. The number of nitrogens with zero attached hydrogens (tertiary/aromatic N) is 1. The summed E-state index contributed by atoms with van der Waals surface area (Å²) in [5.74, 6) is 1.03. The Balaban J connectivity index is 2.09. The molecule has 1 N–H and O–H groups in total. The number of amides is 1. The first-order chi connectivity index (χ1) is 8.72. The molecule has 1 amide bonds. The predicted molar refractivity (Wildman–Crippen MR) is 70.0 cm³/mol. The summed E-state index contributed by atoms with van der Waals surface area (Å²) >= 11 is 0. The Morgan fingerprint density at radius 2 is 2.28 bits per heavy atom. The van der Waals surface area contributed by atoms with Crippen molar-refractivity contribution in [2.24, 2.45) is 0 Å². The number of nitrogens with one attached hydrogen (secondary N) is 1. The van der Waals surface area contributed by atoms with Crippen LogP contribution in [0.5, 0.6) is 0 Å². The molecule has 1 fully saturated rings. The minimum Gasteiger partial charge on any atom is -0.467 e. The summed E-state index contributed by atoms with van der Waals surface area (Å²) in [5.41, 5.74) is 0. The number of furan rings is 1. The van der Waals surface area contributed by atoms with E-state index in [1.54, 1.807) is 6.26 Å². The average molecular weight is 250 g/mol. The molecular weight excluding hydrogens is 228 g/mol. The van der Waals surface area contributed by atoms with Crippen molar-refractivity contribution < 1.29 is 9.21 Å². The normalized spacial score (nSPS) is 17.9. The molecule has 1 saturated carbocycles. The predicted octanol–water partition coefficient (Wildman–Crippen LogP) is 2.16. The van der Waals surface area contributed by atoms with E-state index in [0.717, 1.165) is 18.6 Å². The topological polar surface area (TPSA) is 45.5 Å². The fourth-order valence-electron chi connectivity index (χ4n) is 2.55. The number of hydrogen-bond acceptors (Lipinski definition) is 3. The first-order valence-corrected chi connectivity index (χ1v) is 6.72. The second kappa shape index (κ2) is 6.05. The number of hydrogen-bond donors (Lipinski definition) is 1. The molecule has 1 unspecified atom stereocenters. The van der Waals surface area contributed by atoms with Crippen LogP contribution in [-0.4, -0.2) is 29.9 Å². The molecule has 0 saturated heterocycles. The first-order valence-electron chi connectivity index (χ1n) is 6.72. The molecule has 1 aromatic rings. The van der Waals surface area contributed by atoms with Gasteiger partial charge in [0.25, 0.3) is 0 Å². The standard InChI is InChI=1S/C14H22N2O2/c1-11(15-2)14(17)16(12-6-3-4-7-12)10-13-8-5-9-18-13/h5,8-9,11-12,15H,3-4,6-7,10H2,1-2H3. The van der Waals surface area contributed by atoms with Crippen LogP contribution in [0.25, 0.3) is 0 Å². The highest BCUT2D eigenvalue weighted by Crippen LogP contribution is 2.25. The van der Waals surface area contributed by atoms with Crippen LogP contribution in [0.4, 0.5) is 0 Å². The van der Waals surface area contributed by atoms with E-state index < -0.39 is 0 Å². The first kappa shape index (κ1) is 13.1. The largest absolute Gasteiger partial charge is 0.467 e. The zero-order valence-corrected chi connectivity index (χ0v) is 11.2. The lowest BCUT2D eigenvalue weighted by Crippen LogP contribution is -2.47. The second-order valence-electron chi connectivity index (χ2n) is 4.99. The highest BCUT2D eigenvalue weighted by atomic mass is 16.3. The molecule has 0 spiro atoms. The van der Waals surface area contributed by atoms with E-state index in [1.807, 2.05) is 31.0 Å². The molecule has 18 heavy (non-hydrogen) atoms. The van der Waals surface area contributed by atoms with Crippen LogP contribution in [0, 0.1) is 0 Å². The zero-order chi connectivity index (χ0) is 13.0. The highest BCUT2D eigenvalue weighted by Gasteiger charge is 2.29. The summed E-state index contributed by atoms with van der Waals surface area (Å²) in [6.45, 7) is 2.49. The van der Waals surface area contributed by atoms with E-state index in [0.29, 0.717) is 12.6 Å². The quantitative estimate of drug-likeness (QED) is 0.871. The van der Waals surface area contributed by atoms with Crippen molar-refractivity contribution in [3.63, 3.8) is 0 Å². The summed E-state index contributed by atoms with van der Waals surface area (Å²) in [6.07, 6.45) is 6.33. The van der Waals surface area contributed by atoms with Crippen LogP contribution < -0.4 is 5.32 Å². The average Bonchev–Trinajstić information content (AvgIpc) is 3.06. The number of likely N-dealkylation sites (N-methyl/N-ethyl adjacent to an activating group) is 1. The Hall–Kier alpha value is -1.29. The molecule has 100 valence electrons. The summed E-state index contributed by atoms with van der Waals surface area (Å²) < 4.78 is 5.37. The molecule has 2 rings (SSSR count). The van der Waals surface area contributed by atoms with Gasteiger partial charge in [-0.2, -0.15) is 0 Å². The lowest BCUT2D eigenvalue weighted by atomic mass is 10.1. The molecule has 1 aromatic heterocycles. The van der Waals surface area contributed by atoms with Crippen LogP contribution >= 0.6 is 0 Å². The maximum Gasteiger partial charge on any atom is 0.240 e. The fourth-order valence-corrected chi connectivity index (χ4v) is 2.55.